The van der Waals surface area contributed by atoms with E-state index in [0.717, 1.165) is 25.1 Å². The Labute approximate surface area is 103 Å². The predicted molar refractivity (Wildman–Crippen MR) is 70.5 cm³/mol. The van der Waals surface area contributed by atoms with Gasteiger partial charge in [0.05, 0.1) is 0 Å². The van der Waals surface area contributed by atoms with Crippen LogP contribution in [0.25, 0.3) is 0 Å². The summed E-state index contributed by atoms with van der Waals surface area (Å²) in [5, 5.41) is 3.38. The predicted octanol–water partition coefficient (Wildman–Crippen LogP) is 3.14. The van der Waals surface area contributed by atoms with Gasteiger partial charge in [-0.25, -0.2) is 0 Å². The number of piperidine rings is 1. The van der Waals surface area contributed by atoms with Crippen LogP contribution in [0.1, 0.15) is 54.4 Å². The maximum absolute atomic E-state index is 11.7. The molecule has 1 saturated heterocycles. The van der Waals surface area contributed by atoms with Gasteiger partial charge in [0.2, 0.25) is 0 Å². The number of nitrogens with one attached hydrogen (secondary N) is 1. The van der Waals surface area contributed by atoms with Crippen LogP contribution in [-0.2, 0) is 0 Å². The third-order valence-electron chi connectivity index (χ3n) is 3.52. The number of carbonyl (C=O) groups is 1. The quantitative estimate of drug-likeness (QED) is 0.807. The first-order chi connectivity index (χ1) is 8.31. The lowest BCUT2D eigenvalue weighted by molar-refractivity contribution is 0.0981. The molecule has 0 radical (unpaired) electrons. The molecule has 0 unspecified atom stereocenters. The zero-order valence-electron chi connectivity index (χ0n) is 10.5. The van der Waals surface area contributed by atoms with Crippen LogP contribution >= 0.6 is 0 Å². The van der Waals surface area contributed by atoms with Gasteiger partial charge in [0, 0.05) is 12.0 Å². The number of benzene rings is 1. The third-order valence-corrected chi connectivity index (χ3v) is 3.52. The normalized spacial score (nSPS) is 17.0. The Bertz CT molecular complexity index is 363. The van der Waals surface area contributed by atoms with Crippen LogP contribution in [0.3, 0.4) is 0 Å². The summed E-state index contributed by atoms with van der Waals surface area (Å²) >= 11 is 0. The van der Waals surface area contributed by atoms with Crippen molar-refractivity contribution in [2.45, 2.75) is 38.5 Å². The van der Waals surface area contributed by atoms with Gasteiger partial charge < -0.3 is 5.32 Å². The molecular formula is C15H21NO. The van der Waals surface area contributed by atoms with Crippen LogP contribution in [0, 0.1) is 0 Å². The lowest BCUT2D eigenvalue weighted by atomic mass is 9.89. The zero-order chi connectivity index (χ0) is 12.1. The van der Waals surface area contributed by atoms with Crippen LogP contribution in [0.15, 0.2) is 24.3 Å². The van der Waals surface area contributed by atoms with Gasteiger partial charge in [-0.1, -0.05) is 31.2 Å². The van der Waals surface area contributed by atoms with Crippen molar-refractivity contribution in [3.8, 4) is 0 Å². The highest BCUT2D eigenvalue weighted by Gasteiger charge is 2.15. The first-order valence-corrected chi connectivity index (χ1v) is 6.65. The SMILES string of the molecule is CCCC(=O)c1ccc(C2CCNCC2)cc1. The van der Waals surface area contributed by atoms with E-state index in [1.807, 2.05) is 19.1 Å². The van der Waals surface area contributed by atoms with Crippen molar-refractivity contribution in [2.24, 2.45) is 0 Å². The van der Waals surface area contributed by atoms with E-state index in [-0.39, 0.29) is 5.78 Å². The van der Waals surface area contributed by atoms with Crippen LogP contribution in [0.2, 0.25) is 0 Å². The maximum atomic E-state index is 11.7. The van der Waals surface area contributed by atoms with E-state index in [4.69, 9.17) is 0 Å². The van der Waals surface area contributed by atoms with Crippen molar-refractivity contribution in [1.29, 1.82) is 0 Å². The smallest absolute Gasteiger partial charge is 0.162 e. The molecule has 1 heterocycles. The van der Waals surface area contributed by atoms with Gasteiger partial charge in [-0.2, -0.15) is 0 Å². The second-order valence-electron chi connectivity index (χ2n) is 4.82. The Kier molecular flexibility index (Phi) is 4.32. The monoisotopic (exact) mass is 231 g/mol. The molecule has 17 heavy (non-hydrogen) atoms. The molecule has 92 valence electrons. The van der Waals surface area contributed by atoms with Gasteiger partial charge in [-0.3, -0.25) is 4.79 Å². The highest BCUT2D eigenvalue weighted by molar-refractivity contribution is 5.96. The topological polar surface area (TPSA) is 29.1 Å². The summed E-state index contributed by atoms with van der Waals surface area (Å²) in [6.07, 6.45) is 4.01. The van der Waals surface area contributed by atoms with Crippen LogP contribution in [-0.4, -0.2) is 18.9 Å². The van der Waals surface area contributed by atoms with Gasteiger partial charge in [0.1, 0.15) is 0 Å². The van der Waals surface area contributed by atoms with E-state index in [1.54, 1.807) is 0 Å². The van der Waals surface area contributed by atoms with E-state index in [2.05, 4.69) is 17.4 Å². The minimum absolute atomic E-state index is 0.268. The highest BCUT2D eigenvalue weighted by atomic mass is 16.1. The van der Waals surface area contributed by atoms with Gasteiger partial charge >= 0.3 is 0 Å². The number of rotatable bonds is 4. The van der Waals surface area contributed by atoms with Gasteiger partial charge in [-0.05, 0) is 43.8 Å². The highest BCUT2D eigenvalue weighted by Crippen LogP contribution is 2.25. The molecule has 0 atom stereocenters. The minimum Gasteiger partial charge on any atom is -0.317 e. The molecular weight excluding hydrogens is 210 g/mol. The summed E-state index contributed by atoms with van der Waals surface area (Å²) in [7, 11) is 0. The Morgan fingerprint density at radius 1 is 1.24 bits per heavy atom. The summed E-state index contributed by atoms with van der Waals surface area (Å²) in [6, 6.07) is 8.27. The Balaban J connectivity index is 2.04. The molecule has 1 N–H and O–H groups in total. The molecule has 1 fully saturated rings. The third kappa shape index (κ3) is 3.16. The fourth-order valence-corrected chi connectivity index (χ4v) is 2.47. The van der Waals surface area contributed by atoms with Gasteiger partial charge in [-0.15, -0.1) is 0 Å². The van der Waals surface area contributed by atoms with Crippen molar-refractivity contribution in [2.75, 3.05) is 13.1 Å². The van der Waals surface area contributed by atoms with E-state index in [9.17, 15) is 4.79 Å². The van der Waals surface area contributed by atoms with E-state index < -0.39 is 0 Å². The van der Waals surface area contributed by atoms with Crippen LogP contribution in [0.5, 0.6) is 0 Å². The molecule has 2 heteroatoms. The van der Waals surface area contributed by atoms with Crippen LogP contribution < -0.4 is 5.32 Å². The molecule has 1 aromatic carbocycles. The largest absolute Gasteiger partial charge is 0.317 e. The molecule has 0 amide bonds. The molecule has 1 aliphatic heterocycles. The van der Waals surface area contributed by atoms with E-state index in [1.165, 1.54) is 18.4 Å². The molecule has 2 rings (SSSR count). The minimum atomic E-state index is 0.268. The Morgan fingerprint density at radius 2 is 1.88 bits per heavy atom. The number of carbonyl (C=O) groups excluding carboxylic acids is 1. The molecule has 0 spiro atoms. The number of Topliss-reactive ketones (excluding diaryl/α,β-unsaturated/α-hetero) is 1. The average Bonchev–Trinajstić information content (AvgIpc) is 2.40. The molecule has 0 saturated carbocycles. The van der Waals surface area contributed by atoms with Gasteiger partial charge in [0.15, 0.2) is 5.78 Å². The summed E-state index contributed by atoms with van der Waals surface area (Å²) in [6.45, 7) is 4.27. The fraction of sp³-hybridized carbons (Fsp3) is 0.533. The Morgan fingerprint density at radius 3 is 2.47 bits per heavy atom. The lowest BCUT2D eigenvalue weighted by Gasteiger charge is -2.23. The molecule has 0 bridgehead atoms. The number of ketones is 1. The first kappa shape index (κ1) is 12.3. The summed E-state index contributed by atoms with van der Waals surface area (Å²) < 4.78 is 0. The lowest BCUT2D eigenvalue weighted by Crippen LogP contribution is -2.26. The molecule has 0 aromatic heterocycles. The van der Waals surface area contributed by atoms with Crippen molar-refractivity contribution < 1.29 is 4.79 Å². The molecule has 1 aliphatic rings. The molecule has 1 aromatic rings. The van der Waals surface area contributed by atoms with Crippen LogP contribution in [0.4, 0.5) is 0 Å². The average molecular weight is 231 g/mol. The maximum Gasteiger partial charge on any atom is 0.162 e. The molecule has 2 nitrogen and oxygen atoms in total. The zero-order valence-corrected chi connectivity index (χ0v) is 10.5. The van der Waals surface area contributed by atoms with Gasteiger partial charge in [0.25, 0.3) is 0 Å². The van der Waals surface area contributed by atoms with E-state index >= 15 is 0 Å². The van der Waals surface area contributed by atoms with Crippen molar-refractivity contribution >= 4 is 5.78 Å². The number of hydrogen-bond donors (Lipinski definition) is 1. The van der Waals surface area contributed by atoms with Crippen molar-refractivity contribution in [3.63, 3.8) is 0 Å². The second-order valence-corrected chi connectivity index (χ2v) is 4.82. The van der Waals surface area contributed by atoms with Crippen molar-refractivity contribution in [3.05, 3.63) is 35.4 Å². The van der Waals surface area contributed by atoms with Crippen molar-refractivity contribution in [1.82, 2.24) is 5.32 Å². The molecule has 0 aliphatic carbocycles. The number of hydrogen-bond acceptors (Lipinski definition) is 2. The standard InChI is InChI=1S/C15H21NO/c1-2-3-15(17)14-6-4-12(5-7-14)13-8-10-16-11-9-13/h4-7,13,16H,2-3,8-11H2,1H3. The second kappa shape index (κ2) is 5.97. The fourth-order valence-electron chi connectivity index (χ4n) is 2.47. The Hall–Kier alpha value is -1.15. The van der Waals surface area contributed by atoms with E-state index in [0.29, 0.717) is 12.3 Å². The summed E-state index contributed by atoms with van der Waals surface area (Å²) in [4.78, 5) is 11.7. The summed E-state index contributed by atoms with van der Waals surface area (Å²) in [5.74, 6) is 0.941. The first-order valence-electron chi connectivity index (χ1n) is 6.65. The summed E-state index contributed by atoms with van der Waals surface area (Å²) in [5.41, 5.74) is 2.25.